The van der Waals surface area contributed by atoms with Crippen LogP contribution in [0.3, 0.4) is 0 Å². The third kappa shape index (κ3) is 3.53. The molecule has 0 atom stereocenters. The zero-order chi connectivity index (χ0) is 13.9. The zero-order valence-corrected chi connectivity index (χ0v) is 11.8. The molecule has 0 spiro atoms. The fourth-order valence-corrected chi connectivity index (χ4v) is 2.25. The van der Waals surface area contributed by atoms with E-state index in [0.717, 1.165) is 5.01 Å². The maximum Gasteiger partial charge on any atom is 0.309 e. The molecule has 0 saturated carbocycles. The van der Waals surface area contributed by atoms with Gasteiger partial charge in [0.25, 0.3) is 5.91 Å². The van der Waals surface area contributed by atoms with Crippen molar-refractivity contribution in [3.8, 4) is 0 Å². The highest BCUT2D eigenvalue weighted by molar-refractivity contribution is 7.13. The van der Waals surface area contributed by atoms with Gasteiger partial charge in [0, 0.05) is 6.54 Å². The van der Waals surface area contributed by atoms with Crippen LogP contribution in [0.15, 0.2) is 0 Å². The Morgan fingerprint density at radius 2 is 2.00 bits per heavy atom. The van der Waals surface area contributed by atoms with Gasteiger partial charge in [-0.1, -0.05) is 0 Å². The average molecular weight is 270 g/mol. The largest absolute Gasteiger partial charge is 0.481 e. The summed E-state index contributed by atoms with van der Waals surface area (Å²) in [7, 11) is 0. The molecule has 0 aliphatic carbocycles. The van der Waals surface area contributed by atoms with Crippen LogP contribution < -0.4 is 5.32 Å². The van der Waals surface area contributed by atoms with Gasteiger partial charge in [0.05, 0.1) is 16.1 Å². The maximum atomic E-state index is 11.8. The Balaban J connectivity index is 2.53. The van der Waals surface area contributed by atoms with E-state index in [1.165, 1.54) is 11.3 Å². The Bertz CT molecular complexity index is 466. The molecule has 0 aliphatic rings. The summed E-state index contributed by atoms with van der Waals surface area (Å²) in [6.45, 7) is 7.27. The minimum absolute atomic E-state index is 0.181. The molecule has 0 radical (unpaired) electrons. The van der Waals surface area contributed by atoms with Crippen molar-refractivity contribution in [3.05, 3.63) is 15.6 Å². The molecule has 0 bridgehead atoms. The first-order chi connectivity index (χ1) is 8.24. The summed E-state index contributed by atoms with van der Waals surface area (Å²) in [6.07, 6.45) is 0.394. The number of nitrogens with one attached hydrogen (secondary N) is 1. The van der Waals surface area contributed by atoms with Crippen molar-refractivity contribution in [1.29, 1.82) is 0 Å². The van der Waals surface area contributed by atoms with Crippen molar-refractivity contribution < 1.29 is 14.7 Å². The number of carbonyl (C=O) groups is 2. The molecule has 0 unspecified atom stereocenters. The Labute approximate surface area is 110 Å². The molecule has 1 amide bonds. The van der Waals surface area contributed by atoms with E-state index in [9.17, 15) is 9.59 Å². The van der Waals surface area contributed by atoms with Crippen molar-refractivity contribution in [2.24, 2.45) is 5.41 Å². The highest BCUT2D eigenvalue weighted by atomic mass is 32.1. The highest BCUT2D eigenvalue weighted by Gasteiger charge is 2.26. The van der Waals surface area contributed by atoms with E-state index in [2.05, 4.69) is 10.3 Å². The number of hydrogen-bond donors (Lipinski definition) is 2. The molecule has 1 aromatic heterocycles. The van der Waals surface area contributed by atoms with E-state index in [0.29, 0.717) is 23.5 Å². The number of carboxylic acids is 1. The summed E-state index contributed by atoms with van der Waals surface area (Å²) in [5.74, 6) is -1.04. The lowest BCUT2D eigenvalue weighted by Crippen LogP contribution is -2.31. The lowest BCUT2D eigenvalue weighted by Gasteiger charge is -2.18. The number of aliphatic carboxylic acids is 1. The second-order valence-electron chi connectivity index (χ2n) is 4.84. The summed E-state index contributed by atoms with van der Waals surface area (Å²) in [6, 6.07) is 0. The van der Waals surface area contributed by atoms with Crippen molar-refractivity contribution in [2.75, 3.05) is 6.54 Å². The summed E-state index contributed by atoms with van der Waals surface area (Å²) in [5.41, 5.74) is -0.112. The van der Waals surface area contributed by atoms with E-state index in [-0.39, 0.29) is 5.91 Å². The third-order valence-electron chi connectivity index (χ3n) is 2.72. The standard InChI is InChI=1S/C12H18N2O3S/c1-7-9(18-8(2)14-7)10(15)13-6-5-12(3,4)11(16)17/h5-6H2,1-4H3,(H,13,15)(H,16,17). The molecular formula is C12H18N2O3S. The molecule has 0 aliphatic heterocycles. The first kappa shape index (κ1) is 14.6. The normalized spacial score (nSPS) is 11.3. The lowest BCUT2D eigenvalue weighted by atomic mass is 9.90. The van der Waals surface area contributed by atoms with Crippen LogP contribution in [0.4, 0.5) is 0 Å². The summed E-state index contributed by atoms with van der Waals surface area (Å²) >= 11 is 1.35. The fraction of sp³-hybridized carbons (Fsp3) is 0.583. The number of aryl methyl sites for hydroxylation is 2. The molecule has 6 heteroatoms. The van der Waals surface area contributed by atoms with Crippen LogP contribution in [0.1, 0.15) is 40.6 Å². The molecule has 1 heterocycles. The van der Waals surface area contributed by atoms with Crippen LogP contribution in [0.5, 0.6) is 0 Å². The predicted molar refractivity (Wildman–Crippen MR) is 70.0 cm³/mol. The van der Waals surface area contributed by atoms with Crippen molar-refractivity contribution in [3.63, 3.8) is 0 Å². The van der Waals surface area contributed by atoms with Crippen molar-refractivity contribution >= 4 is 23.2 Å². The molecule has 2 N–H and O–H groups in total. The fourth-order valence-electron chi connectivity index (χ4n) is 1.42. The lowest BCUT2D eigenvalue weighted by molar-refractivity contribution is -0.147. The second kappa shape index (κ2) is 5.48. The first-order valence-electron chi connectivity index (χ1n) is 5.69. The van der Waals surface area contributed by atoms with Gasteiger partial charge < -0.3 is 10.4 Å². The highest BCUT2D eigenvalue weighted by Crippen LogP contribution is 2.20. The first-order valence-corrected chi connectivity index (χ1v) is 6.51. The van der Waals surface area contributed by atoms with Gasteiger partial charge in [-0.25, -0.2) is 4.98 Å². The SMILES string of the molecule is Cc1nc(C)c(C(=O)NCCC(C)(C)C(=O)O)s1. The quantitative estimate of drug-likeness (QED) is 0.857. The zero-order valence-electron chi connectivity index (χ0n) is 11.0. The maximum absolute atomic E-state index is 11.8. The monoisotopic (exact) mass is 270 g/mol. The van der Waals surface area contributed by atoms with Crippen molar-refractivity contribution in [1.82, 2.24) is 10.3 Å². The van der Waals surface area contributed by atoms with E-state index >= 15 is 0 Å². The Morgan fingerprint density at radius 3 is 2.44 bits per heavy atom. The number of thiazole rings is 1. The van der Waals surface area contributed by atoms with Crippen LogP contribution in [0, 0.1) is 19.3 Å². The third-order valence-corrected chi connectivity index (χ3v) is 3.80. The van der Waals surface area contributed by atoms with Gasteiger partial charge in [0.15, 0.2) is 0 Å². The van der Waals surface area contributed by atoms with Gasteiger partial charge in [0.1, 0.15) is 4.88 Å². The number of carbonyl (C=O) groups excluding carboxylic acids is 1. The van der Waals surface area contributed by atoms with Crippen LogP contribution in [-0.2, 0) is 4.79 Å². The topological polar surface area (TPSA) is 79.3 Å². The number of amides is 1. The summed E-state index contributed by atoms with van der Waals surface area (Å²) in [4.78, 5) is 27.5. The van der Waals surface area contributed by atoms with Crippen molar-refractivity contribution in [2.45, 2.75) is 34.1 Å². The molecule has 5 nitrogen and oxygen atoms in total. The van der Waals surface area contributed by atoms with Gasteiger partial charge in [-0.2, -0.15) is 0 Å². The molecule has 0 aromatic carbocycles. The number of rotatable bonds is 5. The van der Waals surface area contributed by atoms with E-state index in [4.69, 9.17) is 5.11 Å². The van der Waals surface area contributed by atoms with Gasteiger partial charge in [-0.05, 0) is 34.1 Å². The smallest absolute Gasteiger partial charge is 0.309 e. The van der Waals surface area contributed by atoms with E-state index in [1.54, 1.807) is 20.8 Å². The van der Waals surface area contributed by atoms with Crippen LogP contribution in [0.2, 0.25) is 0 Å². The predicted octanol–water partition coefficient (Wildman–Crippen LogP) is 1.99. The Hall–Kier alpha value is -1.43. The molecule has 0 saturated heterocycles. The summed E-state index contributed by atoms with van der Waals surface area (Å²) in [5, 5.41) is 12.5. The minimum atomic E-state index is -0.860. The minimum Gasteiger partial charge on any atom is -0.481 e. The molecular weight excluding hydrogens is 252 g/mol. The van der Waals surface area contributed by atoms with E-state index < -0.39 is 11.4 Å². The van der Waals surface area contributed by atoms with Gasteiger partial charge >= 0.3 is 5.97 Å². The Morgan fingerprint density at radius 1 is 1.39 bits per heavy atom. The number of carboxylic acid groups (broad SMARTS) is 1. The number of aromatic nitrogens is 1. The summed E-state index contributed by atoms with van der Waals surface area (Å²) < 4.78 is 0. The number of hydrogen-bond acceptors (Lipinski definition) is 4. The second-order valence-corrected chi connectivity index (χ2v) is 6.05. The molecule has 18 heavy (non-hydrogen) atoms. The van der Waals surface area contributed by atoms with Gasteiger partial charge in [-0.3, -0.25) is 9.59 Å². The average Bonchev–Trinajstić information content (AvgIpc) is 2.57. The van der Waals surface area contributed by atoms with Gasteiger partial charge in [0.2, 0.25) is 0 Å². The van der Waals surface area contributed by atoms with Crippen LogP contribution >= 0.6 is 11.3 Å². The molecule has 1 rings (SSSR count). The molecule has 1 aromatic rings. The van der Waals surface area contributed by atoms with Gasteiger partial charge in [-0.15, -0.1) is 11.3 Å². The van der Waals surface area contributed by atoms with Crippen LogP contribution in [0.25, 0.3) is 0 Å². The number of nitrogens with zero attached hydrogens (tertiary/aromatic N) is 1. The Kier molecular flexibility index (Phi) is 4.45. The molecule has 0 fully saturated rings. The van der Waals surface area contributed by atoms with Crippen LogP contribution in [-0.4, -0.2) is 28.5 Å². The van der Waals surface area contributed by atoms with E-state index in [1.807, 2.05) is 6.92 Å². The molecule has 100 valence electrons.